The van der Waals surface area contributed by atoms with Gasteiger partial charge in [0, 0.05) is 12.5 Å². The van der Waals surface area contributed by atoms with Crippen LogP contribution >= 0.6 is 0 Å². The molecule has 2 nitrogen and oxygen atoms in total. The smallest absolute Gasteiger partial charge is 0.0618 e. The van der Waals surface area contributed by atoms with Crippen LogP contribution in [0.4, 0.5) is 0 Å². The second kappa shape index (κ2) is 5.61. The molecule has 0 saturated heterocycles. The Kier molecular flexibility index (Phi) is 4.74. The van der Waals surface area contributed by atoms with Crippen molar-refractivity contribution in [3.05, 3.63) is 0 Å². The Labute approximate surface area is 81.0 Å². The van der Waals surface area contributed by atoms with Gasteiger partial charge < -0.3 is 10.2 Å². The maximum Gasteiger partial charge on any atom is 0.0618 e. The van der Waals surface area contributed by atoms with Crippen LogP contribution in [0, 0.1) is 11.8 Å². The molecule has 0 radical (unpaired) electrons. The molecule has 1 aliphatic rings. The summed E-state index contributed by atoms with van der Waals surface area (Å²) in [4.78, 5) is 0. The molecule has 2 heteroatoms. The maximum absolute atomic E-state index is 9.97. The Morgan fingerprint density at radius 1 is 1.23 bits per heavy atom. The molecule has 0 spiro atoms. The molecule has 0 aliphatic heterocycles. The highest BCUT2D eigenvalue weighted by atomic mass is 16.3. The van der Waals surface area contributed by atoms with E-state index in [-0.39, 0.29) is 18.6 Å². The molecule has 78 valence electrons. The molecule has 0 heterocycles. The molecule has 0 amide bonds. The summed E-state index contributed by atoms with van der Waals surface area (Å²) in [5, 5.41) is 19.0. The molecular formula is C11H22O2. The predicted molar refractivity (Wildman–Crippen MR) is 53.4 cm³/mol. The van der Waals surface area contributed by atoms with Crippen LogP contribution in [-0.4, -0.2) is 22.9 Å². The fourth-order valence-electron chi connectivity index (χ4n) is 2.34. The van der Waals surface area contributed by atoms with E-state index < -0.39 is 0 Å². The van der Waals surface area contributed by atoms with E-state index in [1.165, 1.54) is 19.3 Å². The zero-order valence-corrected chi connectivity index (χ0v) is 8.58. The number of aliphatic hydroxyl groups is 2. The molecule has 2 atom stereocenters. The first kappa shape index (κ1) is 11.0. The van der Waals surface area contributed by atoms with E-state index in [1.807, 2.05) is 6.92 Å². The molecule has 0 aromatic rings. The number of rotatable bonds is 4. The van der Waals surface area contributed by atoms with Crippen LogP contribution in [0.15, 0.2) is 0 Å². The largest absolute Gasteiger partial charge is 0.396 e. The van der Waals surface area contributed by atoms with Crippen molar-refractivity contribution in [2.45, 2.75) is 51.6 Å². The van der Waals surface area contributed by atoms with Crippen molar-refractivity contribution in [1.82, 2.24) is 0 Å². The average Bonchev–Trinajstić information content (AvgIpc) is 2.21. The molecule has 0 bridgehead atoms. The third-order valence-electron chi connectivity index (χ3n) is 3.37. The number of aliphatic hydroxyl groups excluding tert-OH is 2. The first-order valence-electron chi connectivity index (χ1n) is 5.58. The fourth-order valence-corrected chi connectivity index (χ4v) is 2.34. The van der Waals surface area contributed by atoms with Crippen molar-refractivity contribution >= 4 is 0 Å². The summed E-state index contributed by atoms with van der Waals surface area (Å²) in [5.41, 5.74) is 0. The van der Waals surface area contributed by atoms with E-state index in [0.29, 0.717) is 5.92 Å². The van der Waals surface area contributed by atoms with Crippen LogP contribution in [0.1, 0.15) is 45.4 Å². The summed E-state index contributed by atoms with van der Waals surface area (Å²) in [7, 11) is 0. The summed E-state index contributed by atoms with van der Waals surface area (Å²) in [6.45, 7) is 2.17. The van der Waals surface area contributed by atoms with Gasteiger partial charge in [-0.25, -0.2) is 0 Å². The average molecular weight is 186 g/mol. The second-order valence-electron chi connectivity index (χ2n) is 4.24. The number of hydrogen-bond acceptors (Lipinski definition) is 2. The van der Waals surface area contributed by atoms with E-state index in [4.69, 9.17) is 5.11 Å². The normalized spacial score (nSPS) is 24.2. The van der Waals surface area contributed by atoms with Crippen molar-refractivity contribution in [1.29, 1.82) is 0 Å². The highest BCUT2D eigenvalue weighted by Crippen LogP contribution is 2.30. The molecule has 1 saturated carbocycles. The van der Waals surface area contributed by atoms with Gasteiger partial charge in [-0.1, -0.05) is 26.2 Å². The van der Waals surface area contributed by atoms with Crippen molar-refractivity contribution in [3.8, 4) is 0 Å². The highest BCUT2D eigenvalue weighted by Gasteiger charge is 2.27. The minimum atomic E-state index is -0.268. The van der Waals surface area contributed by atoms with Gasteiger partial charge in [-0.15, -0.1) is 0 Å². The lowest BCUT2D eigenvalue weighted by Gasteiger charge is -2.30. The van der Waals surface area contributed by atoms with E-state index in [1.54, 1.807) is 0 Å². The van der Waals surface area contributed by atoms with Crippen LogP contribution < -0.4 is 0 Å². The molecule has 1 rings (SSSR count). The van der Waals surface area contributed by atoms with Crippen LogP contribution in [-0.2, 0) is 0 Å². The standard InChI is InChI=1S/C11H22O2/c1-2-9(8-12)11(13)10-6-4-3-5-7-10/h9-13H,2-8H2,1H3/t9-,11+/m0/s1. The Morgan fingerprint density at radius 2 is 1.85 bits per heavy atom. The summed E-state index contributed by atoms with van der Waals surface area (Å²) in [6, 6.07) is 0. The van der Waals surface area contributed by atoms with Gasteiger partial charge in [-0.3, -0.25) is 0 Å². The van der Waals surface area contributed by atoms with Gasteiger partial charge in [0.15, 0.2) is 0 Å². The van der Waals surface area contributed by atoms with Gasteiger partial charge in [-0.2, -0.15) is 0 Å². The van der Waals surface area contributed by atoms with Crippen LogP contribution in [0.25, 0.3) is 0 Å². The monoisotopic (exact) mass is 186 g/mol. The van der Waals surface area contributed by atoms with Crippen LogP contribution in [0.5, 0.6) is 0 Å². The molecule has 1 aliphatic carbocycles. The van der Waals surface area contributed by atoms with Crippen molar-refractivity contribution in [2.24, 2.45) is 11.8 Å². The third kappa shape index (κ3) is 2.96. The lowest BCUT2D eigenvalue weighted by atomic mass is 9.80. The lowest BCUT2D eigenvalue weighted by Crippen LogP contribution is -2.32. The molecule has 0 unspecified atom stereocenters. The SMILES string of the molecule is CC[C@@H](CO)[C@@H](O)C1CCCCC1. The first-order chi connectivity index (χ1) is 6.29. The summed E-state index contributed by atoms with van der Waals surface area (Å²) in [6.07, 6.45) is 6.74. The molecule has 2 N–H and O–H groups in total. The van der Waals surface area contributed by atoms with E-state index in [9.17, 15) is 5.11 Å². The Hall–Kier alpha value is -0.0800. The van der Waals surface area contributed by atoms with E-state index in [2.05, 4.69) is 0 Å². The Morgan fingerprint density at radius 3 is 2.31 bits per heavy atom. The van der Waals surface area contributed by atoms with E-state index >= 15 is 0 Å². The Balaban J connectivity index is 2.38. The second-order valence-corrected chi connectivity index (χ2v) is 4.24. The zero-order valence-electron chi connectivity index (χ0n) is 8.58. The third-order valence-corrected chi connectivity index (χ3v) is 3.37. The summed E-state index contributed by atoms with van der Waals surface area (Å²) in [5.74, 6) is 0.550. The zero-order chi connectivity index (χ0) is 9.68. The van der Waals surface area contributed by atoms with Crippen LogP contribution in [0.2, 0.25) is 0 Å². The molecular weight excluding hydrogens is 164 g/mol. The highest BCUT2D eigenvalue weighted by molar-refractivity contribution is 4.78. The lowest BCUT2D eigenvalue weighted by molar-refractivity contribution is 0.00796. The maximum atomic E-state index is 9.97. The van der Waals surface area contributed by atoms with Gasteiger partial charge in [0.25, 0.3) is 0 Å². The van der Waals surface area contributed by atoms with Gasteiger partial charge in [0.2, 0.25) is 0 Å². The number of hydrogen-bond donors (Lipinski definition) is 2. The van der Waals surface area contributed by atoms with Gasteiger partial charge >= 0.3 is 0 Å². The molecule has 0 aromatic heterocycles. The summed E-state index contributed by atoms with van der Waals surface area (Å²) < 4.78 is 0. The van der Waals surface area contributed by atoms with Gasteiger partial charge in [0.1, 0.15) is 0 Å². The molecule has 13 heavy (non-hydrogen) atoms. The fraction of sp³-hybridized carbons (Fsp3) is 1.00. The van der Waals surface area contributed by atoms with Gasteiger partial charge in [0.05, 0.1) is 6.10 Å². The van der Waals surface area contributed by atoms with E-state index in [0.717, 1.165) is 19.3 Å². The van der Waals surface area contributed by atoms with Crippen molar-refractivity contribution in [3.63, 3.8) is 0 Å². The topological polar surface area (TPSA) is 40.5 Å². The predicted octanol–water partition coefficient (Wildman–Crippen LogP) is 1.95. The van der Waals surface area contributed by atoms with Crippen LogP contribution in [0.3, 0.4) is 0 Å². The Bertz CT molecular complexity index is 126. The first-order valence-corrected chi connectivity index (χ1v) is 5.58. The minimum absolute atomic E-state index is 0.100. The minimum Gasteiger partial charge on any atom is -0.396 e. The van der Waals surface area contributed by atoms with Gasteiger partial charge in [-0.05, 0) is 25.2 Å². The quantitative estimate of drug-likeness (QED) is 0.704. The van der Waals surface area contributed by atoms with Crippen molar-refractivity contribution < 1.29 is 10.2 Å². The summed E-state index contributed by atoms with van der Waals surface area (Å²) >= 11 is 0. The molecule has 1 fully saturated rings. The van der Waals surface area contributed by atoms with Crippen molar-refractivity contribution in [2.75, 3.05) is 6.61 Å². The molecule has 0 aromatic carbocycles.